The van der Waals surface area contributed by atoms with Gasteiger partial charge in [0.25, 0.3) is 5.91 Å². The molecule has 1 saturated heterocycles. The van der Waals surface area contributed by atoms with E-state index in [1.165, 1.54) is 18.6 Å². The average molecular weight is 314 g/mol. The van der Waals surface area contributed by atoms with Crippen molar-refractivity contribution in [1.82, 2.24) is 14.9 Å². The average Bonchev–Trinajstić information content (AvgIpc) is 2.61. The maximum absolute atomic E-state index is 12.9. The Bertz CT molecular complexity index is 669. The number of halogens is 1. The molecule has 0 atom stereocenters. The molecule has 0 saturated carbocycles. The van der Waals surface area contributed by atoms with Gasteiger partial charge in [0.1, 0.15) is 11.5 Å². The molecule has 1 aromatic carbocycles. The molecule has 0 unspecified atom stereocenters. The van der Waals surface area contributed by atoms with Crippen LogP contribution in [0.3, 0.4) is 0 Å². The topological polar surface area (TPSA) is 58.1 Å². The maximum Gasteiger partial charge on any atom is 0.272 e. The van der Waals surface area contributed by atoms with Crippen molar-refractivity contribution in [1.29, 1.82) is 0 Å². The second-order valence-electron chi connectivity index (χ2n) is 5.60. The molecule has 5 nitrogen and oxygen atoms in total. The zero-order valence-electron chi connectivity index (χ0n) is 12.8. The molecule has 1 aliphatic heterocycles. The van der Waals surface area contributed by atoms with Crippen LogP contribution < -0.4 is 5.32 Å². The predicted octanol–water partition coefficient (Wildman–Crippen LogP) is 2.85. The minimum Gasteiger partial charge on any atom is -0.350 e. The monoisotopic (exact) mass is 314 g/mol. The highest BCUT2D eigenvalue weighted by atomic mass is 19.1. The molecule has 120 valence electrons. The number of benzene rings is 1. The fourth-order valence-corrected chi connectivity index (χ4v) is 2.61. The van der Waals surface area contributed by atoms with Crippen LogP contribution >= 0.6 is 0 Å². The van der Waals surface area contributed by atoms with Gasteiger partial charge in [-0.15, -0.1) is 0 Å². The first-order valence-electron chi connectivity index (χ1n) is 7.83. The summed E-state index contributed by atoms with van der Waals surface area (Å²) in [5, 5.41) is 3.06. The highest BCUT2D eigenvalue weighted by molar-refractivity contribution is 5.92. The van der Waals surface area contributed by atoms with Crippen LogP contribution in [0.4, 0.5) is 10.3 Å². The van der Waals surface area contributed by atoms with Crippen molar-refractivity contribution in [2.24, 2.45) is 0 Å². The Morgan fingerprint density at radius 1 is 1.13 bits per heavy atom. The van der Waals surface area contributed by atoms with Crippen LogP contribution in [0, 0.1) is 5.82 Å². The summed E-state index contributed by atoms with van der Waals surface area (Å²) in [6, 6.07) is 7.86. The van der Waals surface area contributed by atoms with Gasteiger partial charge in [-0.05, 0) is 43.0 Å². The lowest BCUT2D eigenvalue weighted by Gasteiger charge is -2.26. The third kappa shape index (κ3) is 4.03. The van der Waals surface area contributed by atoms with Gasteiger partial charge in [0.2, 0.25) is 5.95 Å². The van der Waals surface area contributed by atoms with Gasteiger partial charge in [0.15, 0.2) is 0 Å². The zero-order valence-corrected chi connectivity index (χ0v) is 12.8. The van der Waals surface area contributed by atoms with E-state index in [-0.39, 0.29) is 11.7 Å². The van der Waals surface area contributed by atoms with E-state index in [0.717, 1.165) is 31.5 Å². The van der Waals surface area contributed by atoms with E-state index < -0.39 is 0 Å². The molecule has 0 aliphatic carbocycles. The highest BCUT2D eigenvalue weighted by Crippen LogP contribution is 2.13. The lowest BCUT2D eigenvalue weighted by Crippen LogP contribution is -2.36. The van der Waals surface area contributed by atoms with E-state index in [1.54, 1.807) is 24.4 Å². The van der Waals surface area contributed by atoms with Crippen LogP contribution in [0.2, 0.25) is 0 Å². The molecule has 1 aliphatic rings. The molecule has 2 heterocycles. The third-order valence-corrected chi connectivity index (χ3v) is 3.88. The predicted molar refractivity (Wildman–Crippen MR) is 85.5 cm³/mol. The lowest BCUT2D eigenvalue weighted by molar-refractivity contribution is 0.0718. The first-order valence-corrected chi connectivity index (χ1v) is 7.83. The van der Waals surface area contributed by atoms with Crippen molar-refractivity contribution >= 4 is 11.9 Å². The van der Waals surface area contributed by atoms with Crippen molar-refractivity contribution in [3.8, 4) is 0 Å². The van der Waals surface area contributed by atoms with Crippen molar-refractivity contribution in [2.45, 2.75) is 25.8 Å². The number of carbonyl (C=O) groups is 1. The number of anilines is 1. The molecular formula is C17H19FN4O. The minimum absolute atomic E-state index is 0.0445. The summed E-state index contributed by atoms with van der Waals surface area (Å²) in [5.74, 6) is 0.0910. The first-order chi connectivity index (χ1) is 11.2. The number of nitrogens with zero attached hydrogens (tertiary/aromatic N) is 3. The van der Waals surface area contributed by atoms with Crippen LogP contribution in [0.15, 0.2) is 36.5 Å². The summed E-state index contributed by atoms with van der Waals surface area (Å²) in [7, 11) is 0. The minimum atomic E-state index is -0.265. The molecule has 0 radical (unpaired) electrons. The van der Waals surface area contributed by atoms with Crippen LogP contribution in [0.5, 0.6) is 0 Å². The number of hydrogen-bond acceptors (Lipinski definition) is 4. The smallest absolute Gasteiger partial charge is 0.272 e. The van der Waals surface area contributed by atoms with Gasteiger partial charge in [-0.1, -0.05) is 12.1 Å². The SMILES string of the molecule is O=C(c1ccnc(NCc2ccc(F)cc2)n1)N1CCCCC1. The third-order valence-electron chi connectivity index (χ3n) is 3.88. The van der Waals surface area contributed by atoms with Gasteiger partial charge in [-0.3, -0.25) is 4.79 Å². The van der Waals surface area contributed by atoms with Crippen molar-refractivity contribution in [3.63, 3.8) is 0 Å². The Hall–Kier alpha value is -2.50. The van der Waals surface area contributed by atoms with Gasteiger partial charge >= 0.3 is 0 Å². The normalized spacial score (nSPS) is 14.6. The van der Waals surface area contributed by atoms with Crippen LogP contribution in [0.1, 0.15) is 35.3 Å². The van der Waals surface area contributed by atoms with Crippen LogP contribution in [-0.4, -0.2) is 33.9 Å². The van der Waals surface area contributed by atoms with Crippen molar-refractivity contribution < 1.29 is 9.18 Å². The number of hydrogen-bond donors (Lipinski definition) is 1. The fraction of sp³-hybridized carbons (Fsp3) is 0.353. The molecule has 1 amide bonds. The summed E-state index contributed by atoms with van der Waals surface area (Å²) in [6.07, 6.45) is 4.86. The first kappa shape index (κ1) is 15.4. The number of likely N-dealkylation sites (tertiary alicyclic amines) is 1. The molecule has 0 bridgehead atoms. The molecule has 23 heavy (non-hydrogen) atoms. The van der Waals surface area contributed by atoms with E-state index in [9.17, 15) is 9.18 Å². The quantitative estimate of drug-likeness (QED) is 0.943. The number of nitrogens with one attached hydrogen (secondary N) is 1. The van der Waals surface area contributed by atoms with Gasteiger partial charge in [-0.25, -0.2) is 14.4 Å². The molecule has 2 aromatic rings. The largest absolute Gasteiger partial charge is 0.350 e. The molecular weight excluding hydrogens is 295 g/mol. The molecule has 0 spiro atoms. The number of aromatic nitrogens is 2. The fourth-order valence-electron chi connectivity index (χ4n) is 2.61. The summed E-state index contributed by atoms with van der Waals surface area (Å²) < 4.78 is 12.9. The number of carbonyl (C=O) groups excluding carboxylic acids is 1. The number of piperidine rings is 1. The van der Waals surface area contributed by atoms with E-state index in [0.29, 0.717) is 18.2 Å². The Labute approximate surface area is 134 Å². The van der Waals surface area contributed by atoms with Crippen molar-refractivity contribution in [2.75, 3.05) is 18.4 Å². The molecule has 3 rings (SSSR count). The summed E-state index contributed by atoms with van der Waals surface area (Å²) >= 11 is 0. The second kappa shape index (κ2) is 7.17. The highest BCUT2D eigenvalue weighted by Gasteiger charge is 2.19. The van der Waals surface area contributed by atoms with Crippen molar-refractivity contribution in [3.05, 3.63) is 53.6 Å². The zero-order chi connectivity index (χ0) is 16.1. The standard InChI is InChI=1S/C17H19FN4O/c18-14-6-4-13(5-7-14)12-20-17-19-9-8-15(21-17)16(23)22-10-2-1-3-11-22/h4-9H,1-3,10-12H2,(H,19,20,21). The van der Waals surface area contributed by atoms with Crippen LogP contribution in [0.25, 0.3) is 0 Å². The molecule has 1 N–H and O–H groups in total. The Morgan fingerprint density at radius 2 is 1.87 bits per heavy atom. The summed E-state index contributed by atoms with van der Waals surface area (Å²) in [5.41, 5.74) is 1.33. The molecule has 6 heteroatoms. The summed E-state index contributed by atoms with van der Waals surface area (Å²) in [6.45, 7) is 2.06. The van der Waals surface area contributed by atoms with Gasteiger partial charge in [0, 0.05) is 25.8 Å². The molecule has 1 aromatic heterocycles. The van der Waals surface area contributed by atoms with E-state index in [2.05, 4.69) is 15.3 Å². The number of rotatable bonds is 4. The Kier molecular flexibility index (Phi) is 4.80. The maximum atomic E-state index is 12.9. The number of amides is 1. The van der Waals surface area contributed by atoms with Gasteiger partial charge < -0.3 is 10.2 Å². The van der Waals surface area contributed by atoms with E-state index in [1.807, 2.05) is 4.90 Å². The Balaban J connectivity index is 1.64. The van der Waals surface area contributed by atoms with Gasteiger partial charge in [-0.2, -0.15) is 0 Å². The van der Waals surface area contributed by atoms with Crippen LogP contribution in [-0.2, 0) is 6.54 Å². The molecule has 1 fully saturated rings. The second-order valence-corrected chi connectivity index (χ2v) is 5.60. The van der Waals surface area contributed by atoms with E-state index in [4.69, 9.17) is 0 Å². The van der Waals surface area contributed by atoms with Gasteiger partial charge in [0.05, 0.1) is 0 Å². The summed E-state index contributed by atoms with van der Waals surface area (Å²) in [4.78, 5) is 22.7. The Morgan fingerprint density at radius 3 is 2.61 bits per heavy atom. The lowest BCUT2D eigenvalue weighted by atomic mass is 10.1. The van der Waals surface area contributed by atoms with E-state index >= 15 is 0 Å².